The number of carbonyl (C=O) groups excluding carboxylic acids is 1. The molecule has 17 heavy (non-hydrogen) atoms. The van der Waals surface area contributed by atoms with E-state index < -0.39 is 0 Å². The maximum atomic E-state index is 12.1. The number of amides is 1. The number of nitrogens with one attached hydrogen (secondary N) is 1. The van der Waals surface area contributed by atoms with Gasteiger partial charge in [-0.25, -0.2) is 0 Å². The van der Waals surface area contributed by atoms with Gasteiger partial charge in [-0.15, -0.1) is 11.6 Å². The molecule has 0 unspecified atom stereocenters. The molecule has 94 valence electrons. The molecule has 0 radical (unpaired) electrons. The Labute approximate surface area is 106 Å². The highest BCUT2D eigenvalue weighted by Crippen LogP contribution is 2.29. The van der Waals surface area contributed by atoms with Crippen molar-refractivity contribution in [2.75, 3.05) is 5.88 Å². The monoisotopic (exact) mass is 255 g/mol. The van der Waals surface area contributed by atoms with Gasteiger partial charge < -0.3 is 5.32 Å². The molecule has 1 aliphatic carbocycles. The summed E-state index contributed by atoms with van der Waals surface area (Å²) in [7, 11) is 1.80. The number of hydrogen-bond donors (Lipinski definition) is 1. The summed E-state index contributed by atoms with van der Waals surface area (Å²) in [6.45, 7) is 0. The number of halogens is 1. The molecule has 1 N–H and O–H groups in total. The molecule has 0 spiro atoms. The Morgan fingerprint density at radius 1 is 1.53 bits per heavy atom. The largest absolute Gasteiger partial charge is 0.345 e. The quantitative estimate of drug-likeness (QED) is 0.841. The summed E-state index contributed by atoms with van der Waals surface area (Å²) in [6, 6.07) is 0. The van der Waals surface area contributed by atoms with Crippen LogP contribution in [0.1, 0.15) is 42.5 Å². The van der Waals surface area contributed by atoms with Crippen molar-refractivity contribution in [1.82, 2.24) is 15.1 Å². The Morgan fingerprint density at radius 2 is 2.24 bits per heavy atom. The molecule has 1 amide bonds. The predicted octanol–water partition coefficient (Wildman–Crippen LogP) is 2.09. The average molecular weight is 256 g/mol. The van der Waals surface area contributed by atoms with E-state index in [4.69, 9.17) is 11.6 Å². The van der Waals surface area contributed by atoms with Crippen LogP contribution in [0.15, 0.2) is 12.4 Å². The third kappa shape index (κ3) is 2.80. The van der Waals surface area contributed by atoms with Gasteiger partial charge in [-0.1, -0.05) is 19.3 Å². The van der Waals surface area contributed by atoms with Crippen molar-refractivity contribution in [3.8, 4) is 0 Å². The number of alkyl halides is 1. The SMILES string of the molecule is Cn1cc(C(=O)NC2(CCl)CCCCC2)cn1. The summed E-state index contributed by atoms with van der Waals surface area (Å²) < 4.78 is 1.63. The van der Waals surface area contributed by atoms with Gasteiger partial charge in [0.05, 0.1) is 17.3 Å². The van der Waals surface area contributed by atoms with Crippen LogP contribution in [0.3, 0.4) is 0 Å². The molecule has 0 bridgehead atoms. The van der Waals surface area contributed by atoms with E-state index in [2.05, 4.69) is 10.4 Å². The van der Waals surface area contributed by atoms with Gasteiger partial charge in [0.2, 0.25) is 0 Å². The third-order valence-electron chi connectivity index (χ3n) is 3.41. The topological polar surface area (TPSA) is 46.9 Å². The molecule has 4 nitrogen and oxygen atoms in total. The molecule has 0 aliphatic heterocycles. The zero-order valence-electron chi connectivity index (χ0n) is 10.1. The minimum atomic E-state index is -0.216. The molecule has 1 aromatic heterocycles. The summed E-state index contributed by atoms with van der Waals surface area (Å²) in [5, 5.41) is 7.09. The summed E-state index contributed by atoms with van der Waals surface area (Å²) >= 11 is 6.04. The van der Waals surface area contributed by atoms with Crippen molar-refractivity contribution < 1.29 is 4.79 Å². The molecule has 1 aliphatic rings. The highest BCUT2D eigenvalue weighted by Gasteiger charge is 2.33. The van der Waals surface area contributed by atoms with Crippen LogP contribution in [0, 0.1) is 0 Å². The summed E-state index contributed by atoms with van der Waals surface area (Å²) in [5.74, 6) is 0.416. The van der Waals surface area contributed by atoms with Crippen LogP contribution in [0.2, 0.25) is 0 Å². The molecule has 1 aromatic rings. The normalized spacial score (nSPS) is 18.9. The second kappa shape index (κ2) is 5.08. The van der Waals surface area contributed by atoms with Crippen LogP contribution in [0.25, 0.3) is 0 Å². The Balaban J connectivity index is 2.05. The summed E-state index contributed by atoms with van der Waals surface area (Å²) in [6.07, 6.45) is 8.77. The standard InChI is InChI=1S/C12H18ClN3O/c1-16-8-10(7-14-16)11(17)15-12(9-13)5-3-2-4-6-12/h7-8H,2-6,9H2,1H3,(H,15,17). The number of nitrogens with zero attached hydrogens (tertiary/aromatic N) is 2. The fraction of sp³-hybridized carbons (Fsp3) is 0.667. The lowest BCUT2D eigenvalue weighted by molar-refractivity contribution is 0.0884. The van der Waals surface area contributed by atoms with E-state index in [1.54, 1.807) is 24.1 Å². The Hall–Kier alpha value is -1.03. The van der Waals surface area contributed by atoms with Crippen molar-refractivity contribution in [3.63, 3.8) is 0 Å². The lowest BCUT2D eigenvalue weighted by atomic mass is 9.83. The van der Waals surface area contributed by atoms with E-state index >= 15 is 0 Å². The zero-order valence-corrected chi connectivity index (χ0v) is 10.8. The lowest BCUT2D eigenvalue weighted by Gasteiger charge is -2.36. The second-order valence-corrected chi connectivity index (χ2v) is 5.10. The van der Waals surface area contributed by atoms with E-state index in [0.29, 0.717) is 11.4 Å². The first-order valence-corrected chi connectivity index (χ1v) is 6.56. The molecule has 0 atom stereocenters. The first-order valence-electron chi connectivity index (χ1n) is 6.02. The molecule has 5 heteroatoms. The van der Waals surface area contributed by atoms with Crippen molar-refractivity contribution >= 4 is 17.5 Å². The first kappa shape index (κ1) is 12.4. The Morgan fingerprint density at radius 3 is 2.76 bits per heavy atom. The van der Waals surface area contributed by atoms with Gasteiger partial charge in [0.25, 0.3) is 5.91 Å². The van der Waals surface area contributed by atoms with Crippen LogP contribution in [-0.4, -0.2) is 27.1 Å². The van der Waals surface area contributed by atoms with E-state index in [-0.39, 0.29) is 11.4 Å². The molecule has 1 saturated carbocycles. The smallest absolute Gasteiger partial charge is 0.254 e. The van der Waals surface area contributed by atoms with Crippen molar-refractivity contribution in [2.45, 2.75) is 37.6 Å². The molecular weight excluding hydrogens is 238 g/mol. The van der Waals surface area contributed by atoms with Crippen LogP contribution in [0.5, 0.6) is 0 Å². The fourth-order valence-electron chi connectivity index (χ4n) is 2.37. The maximum Gasteiger partial charge on any atom is 0.254 e. The van der Waals surface area contributed by atoms with Gasteiger partial charge >= 0.3 is 0 Å². The minimum Gasteiger partial charge on any atom is -0.345 e. The van der Waals surface area contributed by atoms with E-state index in [1.807, 2.05) is 0 Å². The number of hydrogen-bond acceptors (Lipinski definition) is 2. The van der Waals surface area contributed by atoms with E-state index in [1.165, 1.54) is 6.42 Å². The van der Waals surface area contributed by atoms with Crippen LogP contribution in [0.4, 0.5) is 0 Å². The molecular formula is C12H18ClN3O. The predicted molar refractivity (Wildman–Crippen MR) is 67.2 cm³/mol. The second-order valence-electron chi connectivity index (χ2n) is 4.83. The average Bonchev–Trinajstić information content (AvgIpc) is 2.77. The Bertz CT molecular complexity index is 396. The molecule has 0 saturated heterocycles. The molecule has 1 heterocycles. The molecule has 2 rings (SSSR count). The summed E-state index contributed by atoms with van der Waals surface area (Å²) in [4.78, 5) is 12.1. The maximum absolute atomic E-state index is 12.1. The number of aromatic nitrogens is 2. The van der Waals surface area contributed by atoms with Gasteiger partial charge in [-0.05, 0) is 12.8 Å². The van der Waals surface area contributed by atoms with Gasteiger partial charge in [0, 0.05) is 19.1 Å². The van der Waals surface area contributed by atoms with Crippen LogP contribution in [-0.2, 0) is 7.05 Å². The van der Waals surface area contributed by atoms with Crippen LogP contribution >= 0.6 is 11.6 Å². The molecule has 0 aromatic carbocycles. The van der Waals surface area contributed by atoms with Gasteiger partial charge in [0.1, 0.15) is 0 Å². The third-order valence-corrected chi connectivity index (χ3v) is 3.92. The van der Waals surface area contributed by atoms with Crippen molar-refractivity contribution in [1.29, 1.82) is 0 Å². The highest BCUT2D eigenvalue weighted by atomic mass is 35.5. The zero-order chi connectivity index (χ0) is 12.3. The fourth-order valence-corrected chi connectivity index (χ4v) is 2.71. The minimum absolute atomic E-state index is 0.0688. The number of rotatable bonds is 3. The molecule has 1 fully saturated rings. The number of aryl methyl sites for hydroxylation is 1. The van der Waals surface area contributed by atoms with Gasteiger partial charge in [0.15, 0.2) is 0 Å². The van der Waals surface area contributed by atoms with Gasteiger partial charge in [-0.2, -0.15) is 5.10 Å². The first-order chi connectivity index (χ1) is 8.15. The Kier molecular flexibility index (Phi) is 3.72. The van der Waals surface area contributed by atoms with E-state index in [9.17, 15) is 4.79 Å². The van der Waals surface area contributed by atoms with Crippen molar-refractivity contribution in [2.24, 2.45) is 7.05 Å². The highest BCUT2D eigenvalue weighted by molar-refractivity contribution is 6.19. The summed E-state index contributed by atoms with van der Waals surface area (Å²) in [5.41, 5.74) is 0.384. The number of carbonyl (C=O) groups is 1. The van der Waals surface area contributed by atoms with E-state index in [0.717, 1.165) is 25.7 Å². The van der Waals surface area contributed by atoms with Crippen LogP contribution < -0.4 is 5.32 Å². The van der Waals surface area contributed by atoms with Crippen molar-refractivity contribution in [3.05, 3.63) is 18.0 Å². The van der Waals surface area contributed by atoms with Gasteiger partial charge in [-0.3, -0.25) is 9.48 Å². The lowest BCUT2D eigenvalue weighted by Crippen LogP contribution is -2.51.